The van der Waals surface area contributed by atoms with Crippen LogP contribution in [0.4, 0.5) is 17.6 Å². The SMILES string of the molecule is CC1CC1CNC(=O)c1ccc(F)c(C(F)(F)F)c1. The lowest BCUT2D eigenvalue weighted by molar-refractivity contribution is -0.140. The molecule has 1 aromatic carbocycles. The van der Waals surface area contributed by atoms with Gasteiger partial charge in [-0.2, -0.15) is 13.2 Å². The van der Waals surface area contributed by atoms with Crippen molar-refractivity contribution in [2.24, 2.45) is 11.8 Å². The van der Waals surface area contributed by atoms with Crippen molar-refractivity contribution in [2.45, 2.75) is 19.5 Å². The fraction of sp³-hybridized carbons (Fsp3) is 0.462. The van der Waals surface area contributed by atoms with Gasteiger partial charge in [0.1, 0.15) is 5.82 Å². The zero-order chi connectivity index (χ0) is 14.2. The van der Waals surface area contributed by atoms with E-state index >= 15 is 0 Å². The second-order valence-electron chi connectivity index (χ2n) is 4.88. The highest BCUT2D eigenvalue weighted by molar-refractivity contribution is 5.94. The van der Waals surface area contributed by atoms with Crippen molar-refractivity contribution >= 4 is 5.91 Å². The van der Waals surface area contributed by atoms with Crippen LogP contribution in [-0.4, -0.2) is 12.5 Å². The van der Waals surface area contributed by atoms with E-state index in [1.807, 2.05) is 6.92 Å². The molecule has 19 heavy (non-hydrogen) atoms. The number of carbonyl (C=O) groups excluding carboxylic acids is 1. The lowest BCUT2D eigenvalue weighted by atomic mass is 10.1. The molecule has 6 heteroatoms. The first kappa shape index (κ1) is 13.8. The molecule has 0 saturated heterocycles. The largest absolute Gasteiger partial charge is 0.419 e. The zero-order valence-corrected chi connectivity index (χ0v) is 10.2. The highest BCUT2D eigenvalue weighted by atomic mass is 19.4. The Morgan fingerprint density at radius 2 is 2.05 bits per heavy atom. The van der Waals surface area contributed by atoms with Crippen molar-refractivity contribution in [1.29, 1.82) is 0 Å². The van der Waals surface area contributed by atoms with E-state index in [9.17, 15) is 22.4 Å². The molecule has 1 aliphatic carbocycles. The van der Waals surface area contributed by atoms with Crippen LogP contribution in [0, 0.1) is 17.7 Å². The standard InChI is InChI=1S/C13H13F4NO/c1-7-4-9(7)6-18-12(19)8-2-3-11(14)10(5-8)13(15,16)17/h2-3,5,7,9H,4,6H2,1H3,(H,18,19). The molecule has 0 bridgehead atoms. The molecule has 1 aliphatic rings. The molecule has 1 amide bonds. The minimum Gasteiger partial charge on any atom is -0.352 e. The van der Waals surface area contributed by atoms with Gasteiger partial charge in [-0.3, -0.25) is 4.79 Å². The number of hydrogen-bond donors (Lipinski definition) is 1. The second kappa shape index (κ2) is 4.83. The first-order valence-electron chi connectivity index (χ1n) is 5.94. The van der Waals surface area contributed by atoms with E-state index in [4.69, 9.17) is 0 Å². The van der Waals surface area contributed by atoms with E-state index in [2.05, 4.69) is 5.32 Å². The van der Waals surface area contributed by atoms with E-state index in [0.717, 1.165) is 12.5 Å². The first-order chi connectivity index (χ1) is 8.79. The van der Waals surface area contributed by atoms with Gasteiger partial charge in [-0.25, -0.2) is 4.39 Å². The van der Waals surface area contributed by atoms with Crippen molar-refractivity contribution in [1.82, 2.24) is 5.32 Å². The van der Waals surface area contributed by atoms with Crippen LogP contribution in [0.2, 0.25) is 0 Å². The van der Waals surface area contributed by atoms with Crippen LogP contribution >= 0.6 is 0 Å². The van der Waals surface area contributed by atoms with Crippen molar-refractivity contribution in [2.75, 3.05) is 6.54 Å². The fourth-order valence-corrected chi connectivity index (χ4v) is 1.89. The third-order valence-corrected chi connectivity index (χ3v) is 3.33. The average molecular weight is 275 g/mol. The molecule has 104 valence electrons. The van der Waals surface area contributed by atoms with Gasteiger partial charge in [0.05, 0.1) is 5.56 Å². The number of amides is 1. The van der Waals surface area contributed by atoms with Gasteiger partial charge in [-0.05, 0) is 36.5 Å². The molecule has 1 aromatic rings. The quantitative estimate of drug-likeness (QED) is 0.843. The van der Waals surface area contributed by atoms with Gasteiger partial charge in [0.2, 0.25) is 0 Å². The molecule has 1 saturated carbocycles. The summed E-state index contributed by atoms with van der Waals surface area (Å²) < 4.78 is 50.5. The van der Waals surface area contributed by atoms with Gasteiger partial charge >= 0.3 is 6.18 Å². The number of nitrogens with one attached hydrogen (secondary N) is 1. The molecule has 0 radical (unpaired) electrons. The Morgan fingerprint density at radius 1 is 1.42 bits per heavy atom. The normalized spacial score (nSPS) is 22.2. The van der Waals surface area contributed by atoms with Gasteiger partial charge in [-0.15, -0.1) is 0 Å². The summed E-state index contributed by atoms with van der Waals surface area (Å²) in [5, 5.41) is 2.56. The topological polar surface area (TPSA) is 29.1 Å². The number of hydrogen-bond acceptors (Lipinski definition) is 1. The van der Waals surface area contributed by atoms with Gasteiger partial charge in [0.15, 0.2) is 0 Å². The van der Waals surface area contributed by atoms with Crippen LogP contribution in [-0.2, 0) is 6.18 Å². The molecular weight excluding hydrogens is 262 g/mol. The highest BCUT2D eigenvalue weighted by Gasteiger charge is 2.35. The summed E-state index contributed by atoms with van der Waals surface area (Å²) in [6, 6.07) is 2.26. The van der Waals surface area contributed by atoms with Crippen molar-refractivity contribution < 1.29 is 22.4 Å². The maximum atomic E-state index is 13.1. The van der Waals surface area contributed by atoms with Crippen LogP contribution in [0.3, 0.4) is 0 Å². The van der Waals surface area contributed by atoms with Crippen molar-refractivity contribution in [3.05, 3.63) is 35.1 Å². The van der Waals surface area contributed by atoms with E-state index < -0.39 is 23.5 Å². The molecule has 1 fully saturated rings. The van der Waals surface area contributed by atoms with Gasteiger partial charge in [0.25, 0.3) is 5.91 Å². The third kappa shape index (κ3) is 3.24. The molecule has 2 unspecified atom stereocenters. The number of halogens is 4. The molecule has 1 N–H and O–H groups in total. The van der Waals surface area contributed by atoms with Crippen molar-refractivity contribution in [3.8, 4) is 0 Å². The molecule has 0 spiro atoms. The maximum Gasteiger partial charge on any atom is 0.419 e. The molecule has 0 aromatic heterocycles. The average Bonchev–Trinajstić information content (AvgIpc) is 3.01. The summed E-state index contributed by atoms with van der Waals surface area (Å²) in [5.74, 6) is -1.05. The summed E-state index contributed by atoms with van der Waals surface area (Å²) in [6.45, 7) is 2.48. The molecule has 2 nitrogen and oxygen atoms in total. The Labute approximate surface area is 107 Å². The summed E-state index contributed by atoms with van der Waals surface area (Å²) in [4.78, 5) is 11.7. The number of alkyl halides is 3. The zero-order valence-electron chi connectivity index (χ0n) is 10.2. The molecule has 0 heterocycles. The number of benzene rings is 1. The lowest BCUT2D eigenvalue weighted by Crippen LogP contribution is -2.26. The maximum absolute atomic E-state index is 13.1. The van der Waals surface area contributed by atoms with Crippen LogP contribution in [0.25, 0.3) is 0 Å². The van der Waals surface area contributed by atoms with Gasteiger partial charge in [0, 0.05) is 12.1 Å². The minimum absolute atomic E-state index is 0.179. The third-order valence-electron chi connectivity index (χ3n) is 3.33. The number of rotatable bonds is 3. The second-order valence-corrected chi connectivity index (χ2v) is 4.88. The smallest absolute Gasteiger partial charge is 0.352 e. The van der Waals surface area contributed by atoms with E-state index in [-0.39, 0.29) is 5.56 Å². The Kier molecular flexibility index (Phi) is 3.52. The molecule has 2 atom stereocenters. The van der Waals surface area contributed by atoms with Gasteiger partial charge in [-0.1, -0.05) is 6.92 Å². The first-order valence-corrected chi connectivity index (χ1v) is 5.94. The predicted molar refractivity (Wildman–Crippen MR) is 61.0 cm³/mol. The van der Waals surface area contributed by atoms with Crippen molar-refractivity contribution in [3.63, 3.8) is 0 Å². The monoisotopic (exact) mass is 275 g/mol. The molecule has 0 aliphatic heterocycles. The Bertz CT molecular complexity index is 498. The predicted octanol–water partition coefficient (Wildman–Crippen LogP) is 3.23. The number of carbonyl (C=O) groups is 1. The Morgan fingerprint density at radius 3 is 2.58 bits per heavy atom. The van der Waals surface area contributed by atoms with Gasteiger partial charge < -0.3 is 5.32 Å². The lowest BCUT2D eigenvalue weighted by Gasteiger charge is -2.10. The summed E-state index contributed by atoms with van der Waals surface area (Å²) >= 11 is 0. The summed E-state index contributed by atoms with van der Waals surface area (Å²) in [5.41, 5.74) is -1.60. The Hall–Kier alpha value is -1.59. The van der Waals surface area contributed by atoms with E-state index in [0.29, 0.717) is 30.5 Å². The van der Waals surface area contributed by atoms with E-state index in [1.165, 1.54) is 0 Å². The minimum atomic E-state index is -4.80. The van der Waals surface area contributed by atoms with E-state index in [1.54, 1.807) is 0 Å². The van der Waals surface area contributed by atoms with Crippen LogP contribution in [0.15, 0.2) is 18.2 Å². The summed E-state index contributed by atoms with van der Waals surface area (Å²) in [7, 11) is 0. The summed E-state index contributed by atoms with van der Waals surface area (Å²) in [6.07, 6.45) is -3.79. The van der Waals surface area contributed by atoms with Crippen LogP contribution in [0.5, 0.6) is 0 Å². The molecule has 2 rings (SSSR count). The highest BCUT2D eigenvalue weighted by Crippen LogP contribution is 2.37. The molecular formula is C13H13F4NO. The van der Waals surface area contributed by atoms with Crippen LogP contribution < -0.4 is 5.32 Å². The fourth-order valence-electron chi connectivity index (χ4n) is 1.89. The Balaban J connectivity index is 2.09. The van der Waals surface area contributed by atoms with Crippen LogP contribution in [0.1, 0.15) is 29.3 Å².